The maximum Gasteiger partial charge on any atom is 0.134 e. The predicted molar refractivity (Wildman–Crippen MR) is 74.9 cm³/mol. The lowest BCUT2D eigenvalue weighted by Crippen LogP contribution is -2.13. The Balaban J connectivity index is 2.24. The highest BCUT2D eigenvalue weighted by Crippen LogP contribution is 2.38. The number of aromatic nitrogens is 1. The summed E-state index contributed by atoms with van der Waals surface area (Å²) >= 11 is 3.48. The zero-order valence-corrected chi connectivity index (χ0v) is 12.0. The van der Waals surface area contributed by atoms with E-state index >= 15 is 0 Å². The highest BCUT2D eigenvalue weighted by Gasteiger charge is 2.26. The van der Waals surface area contributed by atoms with Crippen molar-refractivity contribution in [3.63, 3.8) is 0 Å². The molecule has 2 aromatic rings. The Hall–Kier alpha value is -1.29. The van der Waals surface area contributed by atoms with Crippen LogP contribution in [0.15, 0.2) is 18.2 Å². The molecule has 0 spiro atoms. The van der Waals surface area contributed by atoms with E-state index in [0.717, 1.165) is 39.8 Å². The molecule has 0 amide bonds. The molecule has 0 fully saturated rings. The van der Waals surface area contributed by atoms with Gasteiger partial charge in [0.05, 0.1) is 12.6 Å². The van der Waals surface area contributed by atoms with Gasteiger partial charge >= 0.3 is 0 Å². The maximum absolute atomic E-state index is 6.01. The molecule has 1 atom stereocenters. The molecule has 0 N–H and O–H groups in total. The van der Waals surface area contributed by atoms with Crippen LogP contribution in [0.5, 0.6) is 11.5 Å². The number of aryl methyl sites for hydroxylation is 1. The minimum atomic E-state index is 0.206. The van der Waals surface area contributed by atoms with Crippen molar-refractivity contribution in [2.45, 2.75) is 19.4 Å². The topological polar surface area (TPSA) is 31.4 Å². The van der Waals surface area contributed by atoms with E-state index in [-0.39, 0.29) is 6.10 Å². The highest BCUT2D eigenvalue weighted by atomic mass is 79.9. The number of nitrogens with zero attached hydrogens (tertiary/aromatic N) is 1. The summed E-state index contributed by atoms with van der Waals surface area (Å²) < 4.78 is 11.3. The van der Waals surface area contributed by atoms with Crippen LogP contribution < -0.4 is 9.47 Å². The molecule has 0 bridgehead atoms. The summed E-state index contributed by atoms with van der Waals surface area (Å²) in [5.41, 5.74) is 3.24. The van der Waals surface area contributed by atoms with E-state index in [4.69, 9.17) is 9.47 Å². The number of alkyl halides is 1. The third kappa shape index (κ3) is 1.75. The molecule has 0 saturated heterocycles. The van der Waals surface area contributed by atoms with Crippen LogP contribution in [0.2, 0.25) is 0 Å². The first-order chi connectivity index (χ1) is 8.72. The van der Waals surface area contributed by atoms with Crippen molar-refractivity contribution in [3.8, 4) is 11.5 Å². The van der Waals surface area contributed by atoms with Crippen molar-refractivity contribution in [3.05, 3.63) is 29.5 Å². The van der Waals surface area contributed by atoms with Crippen LogP contribution in [-0.2, 0) is 6.42 Å². The number of pyridine rings is 1. The third-order valence-corrected chi connectivity index (χ3v) is 4.06. The molecule has 94 valence electrons. The van der Waals surface area contributed by atoms with E-state index in [1.807, 2.05) is 25.1 Å². The van der Waals surface area contributed by atoms with Crippen LogP contribution in [0.1, 0.15) is 11.3 Å². The van der Waals surface area contributed by atoms with Gasteiger partial charge in [0.2, 0.25) is 0 Å². The molecule has 4 heteroatoms. The second-order valence-corrected chi connectivity index (χ2v) is 5.13. The van der Waals surface area contributed by atoms with Gasteiger partial charge < -0.3 is 9.47 Å². The van der Waals surface area contributed by atoms with Gasteiger partial charge in [-0.1, -0.05) is 15.9 Å². The number of fused-ring (bicyclic) bond motifs is 3. The molecule has 0 radical (unpaired) electrons. The number of benzene rings is 1. The first-order valence-corrected chi connectivity index (χ1v) is 7.05. The number of rotatable bonds is 2. The highest BCUT2D eigenvalue weighted by molar-refractivity contribution is 9.09. The average molecular weight is 308 g/mol. The molecule has 1 aromatic carbocycles. The minimum absolute atomic E-state index is 0.206. The van der Waals surface area contributed by atoms with Gasteiger partial charge in [0.15, 0.2) is 0 Å². The lowest BCUT2D eigenvalue weighted by molar-refractivity contribution is 0.263. The van der Waals surface area contributed by atoms with Gasteiger partial charge in [-0.2, -0.15) is 0 Å². The Kier molecular flexibility index (Phi) is 2.90. The predicted octanol–water partition coefficient (Wildman–Crippen LogP) is 3.25. The largest absolute Gasteiger partial charge is 0.497 e. The second kappa shape index (κ2) is 4.43. The van der Waals surface area contributed by atoms with E-state index < -0.39 is 0 Å². The number of ether oxygens (including phenoxy) is 2. The van der Waals surface area contributed by atoms with Gasteiger partial charge in [0.1, 0.15) is 17.6 Å². The van der Waals surface area contributed by atoms with Crippen LogP contribution in [0.3, 0.4) is 0 Å². The van der Waals surface area contributed by atoms with Crippen molar-refractivity contribution in [1.29, 1.82) is 0 Å². The molecule has 0 aliphatic carbocycles. The molecule has 0 saturated carbocycles. The van der Waals surface area contributed by atoms with Crippen LogP contribution in [0, 0.1) is 6.92 Å². The van der Waals surface area contributed by atoms with Crippen molar-refractivity contribution < 1.29 is 9.47 Å². The van der Waals surface area contributed by atoms with E-state index in [1.165, 1.54) is 5.56 Å². The average Bonchev–Trinajstić information content (AvgIpc) is 2.83. The molecule has 3 rings (SSSR count). The fourth-order valence-corrected chi connectivity index (χ4v) is 2.75. The van der Waals surface area contributed by atoms with Gasteiger partial charge in [-0.3, -0.25) is 4.98 Å². The minimum Gasteiger partial charge on any atom is -0.497 e. The van der Waals surface area contributed by atoms with Gasteiger partial charge in [-0.25, -0.2) is 0 Å². The number of hydrogen-bond donors (Lipinski definition) is 0. The molecule has 1 aliphatic heterocycles. The third-order valence-electron chi connectivity index (χ3n) is 3.34. The zero-order valence-electron chi connectivity index (χ0n) is 10.4. The van der Waals surface area contributed by atoms with Crippen molar-refractivity contribution in [2.24, 2.45) is 0 Å². The fourth-order valence-electron chi connectivity index (χ4n) is 2.39. The van der Waals surface area contributed by atoms with E-state index in [9.17, 15) is 0 Å². The first kappa shape index (κ1) is 11.8. The summed E-state index contributed by atoms with van der Waals surface area (Å²) in [6.07, 6.45) is 1.13. The molecule has 1 aliphatic rings. The summed E-state index contributed by atoms with van der Waals surface area (Å²) in [6.45, 7) is 2.04. The quantitative estimate of drug-likeness (QED) is 0.798. The summed E-state index contributed by atoms with van der Waals surface area (Å²) in [5, 5.41) is 1.88. The summed E-state index contributed by atoms with van der Waals surface area (Å²) in [4.78, 5) is 4.64. The standard InChI is InChI=1S/C14H14BrNO2/c1-8-11-6-10(7-15)18-14(11)12-5-9(17-2)3-4-13(12)16-8/h3-5,10H,6-7H2,1-2H3/t10-/m1/s1. The van der Waals surface area contributed by atoms with Gasteiger partial charge in [-0.15, -0.1) is 0 Å². The number of hydrogen-bond acceptors (Lipinski definition) is 3. The smallest absolute Gasteiger partial charge is 0.134 e. The van der Waals surface area contributed by atoms with Crippen molar-refractivity contribution in [2.75, 3.05) is 12.4 Å². The zero-order chi connectivity index (χ0) is 12.7. The second-order valence-electron chi connectivity index (χ2n) is 4.49. The SMILES string of the molecule is COc1ccc2nc(C)c3c(c2c1)O[C@@H](CBr)C3. The summed E-state index contributed by atoms with van der Waals surface area (Å²) in [7, 11) is 1.67. The van der Waals surface area contributed by atoms with E-state index in [0.29, 0.717) is 0 Å². The van der Waals surface area contributed by atoms with Gasteiger partial charge in [0, 0.05) is 28.4 Å². The van der Waals surface area contributed by atoms with Crippen LogP contribution in [-0.4, -0.2) is 23.5 Å². The lowest BCUT2D eigenvalue weighted by Gasteiger charge is -2.09. The Labute approximate surface area is 114 Å². The van der Waals surface area contributed by atoms with Crippen LogP contribution in [0.4, 0.5) is 0 Å². The van der Waals surface area contributed by atoms with E-state index in [1.54, 1.807) is 7.11 Å². The fraction of sp³-hybridized carbons (Fsp3) is 0.357. The summed E-state index contributed by atoms with van der Waals surface area (Å²) in [6, 6.07) is 5.90. The molecular formula is C14H14BrNO2. The molecule has 3 nitrogen and oxygen atoms in total. The molecule has 0 unspecified atom stereocenters. The monoisotopic (exact) mass is 307 g/mol. The van der Waals surface area contributed by atoms with Crippen molar-refractivity contribution in [1.82, 2.24) is 4.98 Å². The normalized spacial score (nSPS) is 17.6. The van der Waals surface area contributed by atoms with Crippen LogP contribution >= 0.6 is 15.9 Å². The molecular weight excluding hydrogens is 294 g/mol. The van der Waals surface area contributed by atoms with E-state index in [2.05, 4.69) is 20.9 Å². The van der Waals surface area contributed by atoms with Crippen molar-refractivity contribution >= 4 is 26.8 Å². The maximum atomic E-state index is 6.01. The first-order valence-electron chi connectivity index (χ1n) is 5.92. The molecule has 1 aromatic heterocycles. The molecule has 18 heavy (non-hydrogen) atoms. The number of halogens is 1. The Morgan fingerprint density at radius 1 is 1.50 bits per heavy atom. The Morgan fingerprint density at radius 3 is 3.06 bits per heavy atom. The molecule has 2 heterocycles. The lowest BCUT2D eigenvalue weighted by atomic mass is 10.1. The van der Waals surface area contributed by atoms with Crippen LogP contribution in [0.25, 0.3) is 10.9 Å². The Bertz CT molecular complexity index is 612. The number of methoxy groups -OCH3 is 1. The van der Waals surface area contributed by atoms with Gasteiger partial charge in [0.25, 0.3) is 0 Å². The van der Waals surface area contributed by atoms with Gasteiger partial charge in [-0.05, 0) is 25.1 Å². The summed E-state index contributed by atoms with van der Waals surface area (Å²) in [5.74, 6) is 1.81. The Morgan fingerprint density at radius 2 is 2.33 bits per heavy atom.